The van der Waals surface area contributed by atoms with Crippen LogP contribution in [0.3, 0.4) is 0 Å². The van der Waals surface area contributed by atoms with Crippen LogP contribution >= 0.6 is 8.15 Å². The molecular weight excluding hydrogens is 215 g/mol. The Morgan fingerprint density at radius 3 is 2.19 bits per heavy atom. The molecule has 0 spiro atoms. The molecule has 0 aliphatic heterocycles. The molecule has 0 radical (unpaired) electrons. The van der Waals surface area contributed by atoms with E-state index < -0.39 is 0 Å². The Morgan fingerprint density at radius 2 is 1.62 bits per heavy atom. The van der Waals surface area contributed by atoms with Crippen LogP contribution in [0.5, 0.6) is 0 Å². The van der Waals surface area contributed by atoms with E-state index >= 15 is 0 Å². The molecule has 0 amide bonds. The summed E-state index contributed by atoms with van der Waals surface area (Å²) in [6.07, 6.45) is 6.07. The van der Waals surface area contributed by atoms with Crippen molar-refractivity contribution in [3.8, 4) is 0 Å². The minimum atomic E-state index is -0.157. The zero-order valence-electron chi connectivity index (χ0n) is 10.5. The molecule has 2 heteroatoms. The van der Waals surface area contributed by atoms with Gasteiger partial charge in [0.05, 0.1) is 6.61 Å². The fourth-order valence-corrected chi connectivity index (χ4v) is 3.51. The highest BCUT2D eigenvalue weighted by molar-refractivity contribution is 7.52. The van der Waals surface area contributed by atoms with Crippen molar-refractivity contribution in [2.24, 2.45) is 0 Å². The SMILES string of the molecule is CCCP(CCC)OCCc1ccccc1. The summed E-state index contributed by atoms with van der Waals surface area (Å²) in [6.45, 7) is 5.37. The first-order valence-corrected chi connectivity index (χ1v) is 7.91. The molecule has 16 heavy (non-hydrogen) atoms. The van der Waals surface area contributed by atoms with Crippen LogP contribution in [0.25, 0.3) is 0 Å². The van der Waals surface area contributed by atoms with Gasteiger partial charge in [-0.05, 0) is 24.3 Å². The summed E-state index contributed by atoms with van der Waals surface area (Å²) >= 11 is 0. The predicted octanol–water partition coefficient (Wildman–Crippen LogP) is 4.46. The zero-order chi connectivity index (χ0) is 11.6. The van der Waals surface area contributed by atoms with E-state index in [9.17, 15) is 0 Å². The van der Waals surface area contributed by atoms with Crippen LogP contribution in [0.4, 0.5) is 0 Å². The Hall–Kier alpha value is -0.390. The molecule has 0 heterocycles. The van der Waals surface area contributed by atoms with E-state index in [4.69, 9.17) is 4.52 Å². The monoisotopic (exact) mass is 238 g/mol. The first-order valence-electron chi connectivity index (χ1n) is 6.28. The minimum absolute atomic E-state index is 0.157. The van der Waals surface area contributed by atoms with E-state index in [1.165, 1.54) is 30.7 Å². The summed E-state index contributed by atoms with van der Waals surface area (Å²) in [4.78, 5) is 0. The van der Waals surface area contributed by atoms with E-state index in [-0.39, 0.29) is 8.15 Å². The van der Waals surface area contributed by atoms with Gasteiger partial charge in [-0.1, -0.05) is 57.0 Å². The lowest BCUT2D eigenvalue weighted by atomic mass is 10.2. The highest BCUT2D eigenvalue weighted by Crippen LogP contribution is 2.38. The van der Waals surface area contributed by atoms with E-state index in [0.29, 0.717) is 0 Å². The molecule has 0 saturated heterocycles. The van der Waals surface area contributed by atoms with Gasteiger partial charge in [0.2, 0.25) is 0 Å². The Balaban J connectivity index is 2.22. The molecule has 0 fully saturated rings. The van der Waals surface area contributed by atoms with Gasteiger partial charge in [-0.15, -0.1) is 0 Å². The van der Waals surface area contributed by atoms with E-state index in [1.54, 1.807) is 0 Å². The molecule has 0 unspecified atom stereocenters. The lowest BCUT2D eigenvalue weighted by Gasteiger charge is -2.16. The molecule has 90 valence electrons. The van der Waals surface area contributed by atoms with Gasteiger partial charge in [-0.3, -0.25) is 0 Å². The Morgan fingerprint density at radius 1 is 1.00 bits per heavy atom. The van der Waals surface area contributed by atoms with Gasteiger partial charge in [-0.25, -0.2) is 0 Å². The number of hydrogen-bond acceptors (Lipinski definition) is 1. The topological polar surface area (TPSA) is 9.23 Å². The summed E-state index contributed by atoms with van der Waals surface area (Å²) in [5.41, 5.74) is 1.38. The fraction of sp³-hybridized carbons (Fsp3) is 0.571. The van der Waals surface area contributed by atoms with Gasteiger partial charge >= 0.3 is 0 Å². The molecular formula is C14H23OP. The molecule has 0 aliphatic carbocycles. The highest BCUT2D eigenvalue weighted by atomic mass is 31.1. The summed E-state index contributed by atoms with van der Waals surface area (Å²) in [5.74, 6) is 0. The molecule has 0 N–H and O–H groups in total. The van der Waals surface area contributed by atoms with Crippen LogP contribution in [-0.2, 0) is 10.9 Å². The molecule has 1 rings (SSSR count). The van der Waals surface area contributed by atoms with E-state index in [1.807, 2.05) is 0 Å². The second-order valence-electron chi connectivity index (χ2n) is 4.00. The van der Waals surface area contributed by atoms with Gasteiger partial charge < -0.3 is 4.52 Å². The third-order valence-electron chi connectivity index (χ3n) is 2.45. The van der Waals surface area contributed by atoms with Crippen LogP contribution in [0.2, 0.25) is 0 Å². The first-order chi connectivity index (χ1) is 7.86. The van der Waals surface area contributed by atoms with Gasteiger partial charge in [0.1, 0.15) is 0 Å². The summed E-state index contributed by atoms with van der Waals surface area (Å²) in [5, 5.41) is 0. The molecule has 1 aromatic carbocycles. The smallest absolute Gasteiger partial charge is 0.0549 e. The Kier molecular flexibility index (Phi) is 7.46. The molecule has 1 aromatic rings. The maximum Gasteiger partial charge on any atom is 0.0549 e. The maximum atomic E-state index is 5.99. The lowest BCUT2D eigenvalue weighted by Crippen LogP contribution is -1.99. The van der Waals surface area contributed by atoms with Gasteiger partial charge in [0.25, 0.3) is 0 Å². The molecule has 0 atom stereocenters. The number of hydrogen-bond donors (Lipinski definition) is 0. The summed E-state index contributed by atoms with van der Waals surface area (Å²) < 4.78 is 5.99. The normalized spacial score (nSPS) is 10.9. The fourth-order valence-electron chi connectivity index (χ4n) is 1.68. The second kappa shape index (κ2) is 8.73. The van der Waals surface area contributed by atoms with Crippen molar-refractivity contribution in [1.82, 2.24) is 0 Å². The van der Waals surface area contributed by atoms with Crippen LogP contribution in [0, 0.1) is 0 Å². The Bertz CT molecular complexity index is 255. The van der Waals surface area contributed by atoms with Gasteiger partial charge in [-0.2, -0.15) is 0 Å². The van der Waals surface area contributed by atoms with Crippen molar-refractivity contribution in [3.63, 3.8) is 0 Å². The quantitative estimate of drug-likeness (QED) is 0.607. The second-order valence-corrected chi connectivity index (χ2v) is 6.11. The lowest BCUT2D eigenvalue weighted by molar-refractivity contribution is 0.356. The van der Waals surface area contributed by atoms with Crippen molar-refractivity contribution in [2.75, 3.05) is 18.9 Å². The van der Waals surface area contributed by atoms with Crippen LogP contribution in [-0.4, -0.2) is 18.9 Å². The average Bonchev–Trinajstić information content (AvgIpc) is 2.31. The van der Waals surface area contributed by atoms with Crippen molar-refractivity contribution < 1.29 is 4.52 Å². The van der Waals surface area contributed by atoms with Crippen LogP contribution < -0.4 is 0 Å². The zero-order valence-corrected chi connectivity index (χ0v) is 11.4. The standard InChI is InChI=1S/C14H23OP/c1-3-12-16(13-4-2)15-11-10-14-8-6-5-7-9-14/h5-9H,3-4,10-13H2,1-2H3. The largest absolute Gasteiger partial charge is 0.359 e. The molecule has 0 aromatic heterocycles. The number of benzene rings is 1. The average molecular weight is 238 g/mol. The third kappa shape index (κ3) is 5.63. The first kappa shape index (κ1) is 13.7. The van der Waals surface area contributed by atoms with Crippen molar-refractivity contribution in [3.05, 3.63) is 35.9 Å². The van der Waals surface area contributed by atoms with Crippen LogP contribution in [0.1, 0.15) is 32.3 Å². The van der Waals surface area contributed by atoms with E-state index in [2.05, 4.69) is 44.2 Å². The minimum Gasteiger partial charge on any atom is -0.359 e. The van der Waals surface area contributed by atoms with Crippen LogP contribution in [0.15, 0.2) is 30.3 Å². The van der Waals surface area contributed by atoms with Crippen molar-refractivity contribution in [1.29, 1.82) is 0 Å². The van der Waals surface area contributed by atoms with Crippen molar-refractivity contribution >= 4 is 8.15 Å². The molecule has 1 nitrogen and oxygen atoms in total. The number of rotatable bonds is 8. The molecule has 0 saturated carbocycles. The molecule has 0 aliphatic rings. The molecule has 0 bridgehead atoms. The van der Waals surface area contributed by atoms with Crippen molar-refractivity contribution in [2.45, 2.75) is 33.1 Å². The third-order valence-corrected chi connectivity index (χ3v) is 4.89. The summed E-state index contributed by atoms with van der Waals surface area (Å²) in [6, 6.07) is 10.6. The van der Waals surface area contributed by atoms with Gasteiger partial charge in [0, 0.05) is 8.15 Å². The highest BCUT2D eigenvalue weighted by Gasteiger charge is 2.06. The Labute approximate surface area is 101 Å². The van der Waals surface area contributed by atoms with E-state index in [0.717, 1.165) is 13.0 Å². The summed E-state index contributed by atoms with van der Waals surface area (Å²) in [7, 11) is -0.157. The van der Waals surface area contributed by atoms with Gasteiger partial charge in [0.15, 0.2) is 0 Å². The maximum absolute atomic E-state index is 5.99. The predicted molar refractivity (Wildman–Crippen MR) is 73.3 cm³/mol.